The standard InChI is InChI=1S/C13H23NO3/c1-3-11(12(15)16)13(8-17-9-13)10-5-4-6-14(2)7-10/h10-11H,3-9H2,1-2H3,(H,15,16). The van der Waals surface area contributed by atoms with Gasteiger partial charge in [-0.1, -0.05) is 6.92 Å². The summed E-state index contributed by atoms with van der Waals surface area (Å²) in [4.78, 5) is 13.7. The molecular weight excluding hydrogens is 218 g/mol. The molecule has 2 aliphatic heterocycles. The van der Waals surface area contributed by atoms with Crippen LogP contribution < -0.4 is 0 Å². The SMILES string of the molecule is CCC(C(=O)O)C1(C2CCCN(C)C2)COC1. The van der Waals surface area contributed by atoms with E-state index in [1.165, 1.54) is 6.42 Å². The molecule has 1 N–H and O–H groups in total. The molecule has 0 amide bonds. The molecule has 0 aromatic rings. The highest BCUT2D eigenvalue weighted by atomic mass is 16.5. The lowest BCUT2D eigenvalue weighted by molar-refractivity contribution is -0.200. The molecule has 4 nitrogen and oxygen atoms in total. The monoisotopic (exact) mass is 241 g/mol. The van der Waals surface area contributed by atoms with Crippen molar-refractivity contribution in [2.75, 3.05) is 33.4 Å². The van der Waals surface area contributed by atoms with Gasteiger partial charge in [-0.2, -0.15) is 0 Å². The summed E-state index contributed by atoms with van der Waals surface area (Å²) in [6.07, 6.45) is 3.04. The number of ether oxygens (including phenoxy) is 1. The summed E-state index contributed by atoms with van der Waals surface area (Å²) in [5.74, 6) is -0.409. The van der Waals surface area contributed by atoms with Crippen molar-refractivity contribution in [2.24, 2.45) is 17.3 Å². The van der Waals surface area contributed by atoms with Crippen molar-refractivity contribution in [3.63, 3.8) is 0 Å². The van der Waals surface area contributed by atoms with Crippen LogP contribution in [0.3, 0.4) is 0 Å². The van der Waals surface area contributed by atoms with Crippen molar-refractivity contribution in [3.8, 4) is 0 Å². The minimum Gasteiger partial charge on any atom is -0.481 e. The number of hydrogen-bond acceptors (Lipinski definition) is 3. The molecule has 98 valence electrons. The summed E-state index contributed by atoms with van der Waals surface area (Å²) < 4.78 is 5.38. The zero-order valence-electron chi connectivity index (χ0n) is 10.8. The third-order valence-corrected chi connectivity index (χ3v) is 4.58. The molecule has 0 radical (unpaired) electrons. The summed E-state index contributed by atoms with van der Waals surface area (Å²) in [6.45, 7) is 5.41. The fourth-order valence-corrected chi connectivity index (χ4v) is 3.52. The number of rotatable bonds is 4. The molecule has 0 spiro atoms. The fraction of sp³-hybridized carbons (Fsp3) is 0.923. The number of carboxylic acid groups (broad SMARTS) is 1. The summed E-state index contributed by atoms with van der Waals surface area (Å²) in [7, 11) is 2.13. The van der Waals surface area contributed by atoms with Crippen LogP contribution in [0, 0.1) is 17.3 Å². The van der Waals surface area contributed by atoms with Crippen LogP contribution in [0.5, 0.6) is 0 Å². The quantitative estimate of drug-likeness (QED) is 0.809. The fourth-order valence-electron chi connectivity index (χ4n) is 3.52. The van der Waals surface area contributed by atoms with Crippen molar-refractivity contribution >= 4 is 5.97 Å². The lowest BCUT2D eigenvalue weighted by Gasteiger charge is -2.52. The Balaban J connectivity index is 2.15. The highest BCUT2D eigenvalue weighted by Crippen LogP contribution is 2.47. The Morgan fingerprint density at radius 1 is 1.59 bits per heavy atom. The Kier molecular flexibility index (Phi) is 3.73. The van der Waals surface area contributed by atoms with Crippen molar-refractivity contribution < 1.29 is 14.6 Å². The van der Waals surface area contributed by atoms with Gasteiger partial charge in [-0.15, -0.1) is 0 Å². The number of likely N-dealkylation sites (tertiary alicyclic amines) is 1. The maximum Gasteiger partial charge on any atom is 0.307 e. The third kappa shape index (κ3) is 2.20. The molecule has 2 unspecified atom stereocenters. The summed E-state index contributed by atoms with van der Waals surface area (Å²) >= 11 is 0. The Bertz CT molecular complexity index is 288. The molecule has 2 aliphatic rings. The summed E-state index contributed by atoms with van der Waals surface area (Å²) in [5.41, 5.74) is -0.102. The summed E-state index contributed by atoms with van der Waals surface area (Å²) in [5, 5.41) is 9.40. The average molecular weight is 241 g/mol. The Morgan fingerprint density at radius 3 is 2.71 bits per heavy atom. The molecule has 0 saturated carbocycles. The number of piperidine rings is 1. The maximum absolute atomic E-state index is 11.4. The van der Waals surface area contributed by atoms with Crippen LogP contribution in [-0.4, -0.2) is 49.3 Å². The third-order valence-electron chi connectivity index (χ3n) is 4.58. The molecule has 4 heteroatoms. The predicted molar refractivity (Wildman–Crippen MR) is 64.9 cm³/mol. The first kappa shape index (κ1) is 12.8. The van der Waals surface area contributed by atoms with E-state index in [2.05, 4.69) is 11.9 Å². The summed E-state index contributed by atoms with van der Waals surface area (Å²) in [6, 6.07) is 0. The van der Waals surface area contributed by atoms with Crippen molar-refractivity contribution in [2.45, 2.75) is 26.2 Å². The van der Waals surface area contributed by atoms with E-state index in [-0.39, 0.29) is 11.3 Å². The number of aliphatic carboxylic acids is 1. The first-order chi connectivity index (χ1) is 8.10. The first-order valence-electron chi connectivity index (χ1n) is 6.59. The van der Waals surface area contributed by atoms with Gasteiger partial charge in [0.2, 0.25) is 0 Å². The van der Waals surface area contributed by atoms with Crippen molar-refractivity contribution in [1.29, 1.82) is 0 Å². The second-order valence-corrected chi connectivity index (χ2v) is 5.63. The highest BCUT2D eigenvalue weighted by Gasteiger charge is 2.53. The largest absolute Gasteiger partial charge is 0.481 e. The van der Waals surface area contributed by atoms with Crippen LogP contribution in [-0.2, 0) is 9.53 Å². The number of carboxylic acids is 1. The molecule has 2 rings (SSSR count). The lowest BCUT2D eigenvalue weighted by atomic mass is 9.62. The van der Waals surface area contributed by atoms with Crippen LogP contribution in [0.4, 0.5) is 0 Å². The Labute approximate surface area is 103 Å². The Hall–Kier alpha value is -0.610. The zero-order valence-corrected chi connectivity index (χ0v) is 10.8. The molecule has 2 atom stereocenters. The molecule has 0 aliphatic carbocycles. The number of nitrogens with zero attached hydrogens (tertiary/aromatic N) is 1. The van der Waals surface area contributed by atoms with E-state index in [1.54, 1.807) is 0 Å². The minimum atomic E-state index is -0.649. The smallest absolute Gasteiger partial charge is 0.307 e. The molecule has 0 aromatic heterocycles. The normalized spacial score (nSPS) is 30.6. The van der Waals surface area contributed by atoms with Crippen molar-refractivity contribution in [1.82, 2.24) is 4.90 Å². The van der Waals surface area contributed by atoms with E-state index >= 15 is 0 Å². The molecule has 2 heterocycles. The molecule has 0 aromatic carbocycles. The van der Waals surface area contributed by atoms with E-state index in [4.69, 9.17) is 4.74 Å². The van der Waals surface area contributed by atoms with E-state index in [1.807, 2.05) is 6.92 Å². The molecular formula is C13H23NO3. The molecule has 0 bridgehead atoms. The van der Waals surface area contributed by atoms with Crippen molar-refractivity contribution in [3.05, 3.63) is 0 Å². The van der Waals surface area contributed by atoms with Crippen LogP contribution in [0.2, 0.25) is 0 Å². The molecule has 2 fully saturated rings. The van der Waals surface area contributed by atoms with Gasteiger partial charge in [-0.3, -0.25) is 4.79 Å². The number of carbonyl (C=O) groups is 1. The topological polar surface area (TPSA) is 49.8 Å². The van der Waals surface area contributed by atoms with Gasteiger partial charge in [0.05, 0.1) is 19.1 Å². The molecule has 2 saturated heterocycles. The van der Waals surface area contributed by atoms with Crippen LogP contribution in [0.15, 0.2) is 0 Å². The van der Waals surface area contributed by atoms with Gasteiger partial charge < -0.3 is 14.7 Å². The minimum absolute atomic E-state index is 0.102. The lowest BCUT2D eigenvalue weighted by Crippen LogP contribution is -2.58. The van der Waals surface area contributed by atoms with Gasteiger partial charge in [0.15, 0.2) is 0 Å². The second kappa shape index (κ2) is 4.94. The van der Waals surface area contributed by atoms with Crippen LogP contribution in [0.1, 0.15) is 26.2 Å². The highest BCUT2D eigenvalue weighted by molar-refractivity contribution is 5.71. The predicted octanol–water partition coefficient (Wildman–Crippen LogP) is 1.46. The van der Waals surface area contributed by atoms with Gasteiger partial charge in [0.1, 0.15) is 0 Å². The number of hydrogen-bond donors (Lipinski definition) is 1. The van der Waals surface area contributed by atoms with E-state index in [9.17, 15) is 9.90 Å². The molecule has 17 heavy (non-hydrogen) atoms. The average Bonchev–Trinajstić information content (AvgIpc) is 2.22. The van der Waals surface area contributed by atoms with E-state index in [0.717, 1.165) is 19.5 Å². The first-order valence-corrected chi connectivity index (χ1v) is 6.59. The Morgan fingerprint density at radius 2 is 2.29 bits per heavy atom. The van der Waals surface area contributed by atoms with Crippen LogP contribution >= 0.6 is 0 Å². The van der Waals surface area contributed by atoms with Gasteiger partial charge in [-0.25, -0.2) is 0 Å². The van der Waals surface area contributed by atoms with Gasteiger partial charge in [0.25, 0.3) is 0 Å². The van der Waals surface area contributed by atoms with E-state index < -0.39 is 5.97 Å². The maximum atomic E-state index is 11.4. The van der Waals surface area contributed by atoms with Gasteiger partial charge in [0, 0.05) is 12.0 Å². The van der Waals surface area contributed by atoms with E-state index in [0.29, 0.717) is 25.6 Å². The van der Waals surface area contributed by atoms with Gasteiger partial charge >= 0.3 is 5.97 Å². The zero-order chi connectivity index (χ0) is 12.5. The van der Waals surface area contributed by atoms with Gasteiger partial charge in [-0.05, 0) is 38.8 Å². The second-order valence-electron chi connectivity index (χ2n) is 5.63. The van der Waals surface area contributed by atoms with Crippen LogP contribution in [0.25, 0.3) is 0 Å².